The van der Waals surface area contributed by atoms with E-state index in [4.69, 9.17) is 11.6 Å². The van der Waals surface area contributed by atoms with Crippen LogP contribution in [0.2, 0.25) is 5.02 Å². The Labute approximate surface area is 196 Å². The van der Waals surface area contributed by atoms with Crippen LogP contribution < -0.4 is 10.6 Å². The van der Waals surface area contributed by atoms with Gasteiger partial charge in [0.25, 0.3) is 5.91 Å². The summed E-state index contributed by atoms with van der Waals surface area (Å²) in [6.45, 7) is 4.92. The van der Waals surface area contributed by atoms with Crippen LogP contribution in [-0.2, 0) is 4.79 Å². The number of benzene rings is 1. The maximum atomic E-state index is 12.4. The molecular formula is C24H25ClN6O2. The highest BCUT2D eigenvalue weighted by Gasteiger charge is 2.26. The summed E-state index contributed by atoms with van der Waals surface area (Å²) in [5, 5.41) is 7.72. The number of likely N-dealkylation sites (tertiary alicyclic amines) is 1. The van der Waals surface area contributed by atoms with Gasteiger partial charge >= 0.3 is 0 Å². The van der Waals surface area contributed by atoms with Crippen molar-refractivity contribution < 1.29 is 9.59 Å². The number of carbonyl (C=O) groups excluding carboxylic acids is 2. The third-order valence-electron chi connectivity index (χ3n) is 6.16. The molecular weight excluding hydrogens is 440 g/mol. The van der Waals surface area contributed by atoms with Gasteiger partial charge in [-0.15, -0.1) is 0 Å². The van der Waals surface area contributed by atoms with Crippen molar-refractivity contribution in [1.82, 2.24) is 25.2 Å². The van der Waals surface area contributed by atoms with Crippen LogP contribution in [0.5, 0.6) is 0 Å². The Balaban J connectivity index is 1.43. The number of H-pyrrole nitrogens is 1. The molecule has 0 bridgehead atoms. The van der Waals surface area contributed by atoms with Gasteiger partial charge in [-0.3, -0.25) is 9.59 Å². The summed E-state index contributed by atoms with van der Waals surface area (Å²) in [4.78, 5) is 38.3. The van der Waals surface area contributed by atoms with Gasteiger partial charge in [-0.25, -0.2) is 9.97 Å². The molecule has 0 spiro atoms. The first-order chi connectivity index (χ1) is 16.0. The van der Waals surface area contributed by atoms with Gasteiger partial charge in [-0.05, 0) is 49.5 Å². The van der Waals surface area contributed by atoms with E-state index < -0.39 is 0 Å². The van der Waals surface area contributed by atoms with Gasteiger partial charge in [0.1, 0.15) is 17.8 Å². The van der Waals surface area contributed by atoms with E-state index in [1.165, 1.54) is 12.4 Å². The Morgan fingerprint density at radius 1 is 1.21 bits per heavy atom. The van der Waals surface area contributed by atoms with Crippen LogP contribution in [0.3, 0.4) is 0 Å². The fourth-order valence-corrected chi connectivity index (χ4v) is 4.54. The molecule has 3 aromatic rings. The fraction of sp³-hybridized carbons (Fsp3) is 0.333. The molecule has 0 radical (unpaired) electrons. The Morgan fingerprint density at radius 3 is 2.82 bits per heavy atom. The molecule has 0 unspecified atom stereocenters. The third kappa shape index (κ3) is 4.43. The Hall–Kier alpha value is -3.39. The lowest BCUT2D eigenvalue weighted by Gasteiger charge is -2.32. The highest BCUT2D eigenvalue weighted by atomic mass is 35.5. The van der Waals surface area contributed by atoms with Crippen LogP contribution in [0.4, 0.5) is 5.82 Å². The maximum Gasteiger partial charge on any atom is 0.253 e. The molecule has 1 aromatic carbocycles. The molecule has 2 amide bonds. The predicted molar refractivity (Wildman–Crippen MR) is 128 cm³/mol. The number of piperidine rings is 1. The highest BCUT2D eigenvalue weighted by molar-refractivity contribution is 6.34. The summed E-state index contributed by atoms with van der Waals surface area (Å²) >= 11 is 6.49. The van der Waals surface area contributed by atoms with Crippen molar-refractivity contribution >= 4 is 40.3 Å². The van der Waals surface area contributed by atoms with Gasteiger partial charge in [0.2, 0.25) is 5.91 Å². The minimum atomic E-state index is -0.144. The predicted octanol–water partition coefficient (Wildman–Crippen LogP) is 3.76. The molecule has 33 heavy (non-hydrogen) atoms. The average molecular weight is 465 g/mol. The van der Waals surface area contributed by atoms with E-state index in [0.29, 0.717) is 28.6 Å². The maximum absolute atomic E-state index is 12.4. The molecule has 170 valence electrons. The van der Waals surface area contributed by atoms with Crippen molar-refractivity contribution in [2.75, 3.05) is 18.4 Å². The summed E-state index contributed by atoms with van der Waals surface area (Å²) in [5.74, 6) is 0.493. The molecule has 1 atom stereocenters. The van der Waals surface area contributed by atoms with Crippen molar-refractivity contribution in [1.29, 1.82) is 0 Å². The van der Waals surface area contributed by atoms with E-state index in [-0.39, 0.29) is 23.9 Å². The van der Waals surface area contributed by atoms with Crippen LogP contribution >= 0.6 is 11.6 Å². The molecule has 2 aromatic heterocycles. The molecule has 3 heterocycles. The summed E-state index contributed by atoms with van der Waals surface area (Å²) in [6.07, 6.45) is 8.62. The van der Waals surface area contributed by atoms with Crippen molar-refractivity contribution in [2.24, 2.45) is 0 Å². The lowest BCUT2D eigenvalue weighted by molar-refractivity contribution is -0.127. The standard InChI is InChI=1S/C24H25ClN6O2/c1-2-20(32)31-9-3-4-16(12-31)29-23-21-18(11-26-22(21)27-13-28-23)14-5-8-17(19(25)10-14)24(33)30-15-6-7-15/h2,5,8,10-11,13,15-16H,1,3-4,6-7,9,12H2,(H,30,33)(H2,26,27,28,29)/t16-/m1/s1. The van der Waals surface area contributed by atoms with Gasteiger partial charge in [-0.1, -0.05) is 24.2 Å². The van der Waals surface area contributed by atoms with Crippen LogP contribution in [0.25, 0.3) is 22.2 Å². The second-order valence-electron chi connectivity index (χ2n) is 8.56. The van der Waals surface area contributed by atoms with Crippen molar-refractivity contribution in [3.05, 3.63) is 54.0 Å². The van der Waals surface area contributed by atoms with E-state index in [2.05, 4.69) is 32.2 Å². The Bertz CT molecular complexity index is 1230. The molecule has 2 fully saturated rings. The number of anilines is 1. The molecule has 2 aliphatic rings. The number of rotatable bonds is 6. The highest BCUT2D eigenvalue weighted by Crippen LogP contribution is 2.35. The summed E-state index contributed by atoms with van der Waals surface area (Å²) < 4.78 is 0. The molecule has 9 heteroatoms. The monoisotopic (exact) mass is 464 g/mol. The number of aromatic nitrogens is 3. The Kier molecular flexibility index (Phi) is 5.76. The molecule has 8 nitrogen and oxygen atoms in total. The van der Waals surface area contributed by atoms with Crippen molar-refractivity contribution in [3.8, 4) is 11.1 Å². The Morgan fingerprint density at radius 2 is 2.06 bits per heavy atom. The molecule has 1 saturated carbocycles. The minimum absolute atomic E-state index is 0.0582. The van der Waals surface area contributed by atoms with Gasteiger partial charge in [0.15, 0.2) is 0 Å². The van der Waals surface area contributed by atoms with E-state index in [1.807, 2.05) is 12.3 Å². The molecule has 1 saturated heterocycles. The number of fused-ring (bicyclic) bond motifs is 1. The summed E-state index contributed by atoms with van der Waals surface area (Å²) in [7, 11) is 0. The van der Waals surface area contributed by atoms with Crippen LogP contribution in [-0.4, -0.2) is 56.8 Å². The first kappa shape index (κ1) is 21.5. The number of aromatic amines is 1. The van der Waals surface area contributed by atoms with Gasteiger partial charge in [0.05, 0.1) is 16.0 Å². The smallest absolute Gasteiger partial charge is 0.253 e. The van der Waals surface area contributed by atoms with E-state index in [0.717, 1.165) is 48.7 Å². The second-order valence-corrected chi connectivity index (χ2v) is 8.97. The quantitative estimate of drug-likeness (QED) is 0.482. The first-order valence-corrected chi connectivity index (χ1v) is 11.5. The number of amides is 2. The fourth-order valence-electron chi connectivity index (χ4n) is 4.28. The van der Waals surface area contributed by atoms with E-state index >= 15 is 0 Å². The van der Waals surface area contributed by atoms with Crippen LogP contribution in [0, 0.1) is 0 Å². The molecule has 1 aliphatic heterocycles. The topological polar surface area (TPSA) is 103 Å². The normalized spacial score (nSPS) is 18.2. The number of halogens is 1. The average Bonchev–Trinajstić information content (AvgIpc) is 3.53. The SMILES string of the molecule is C=CC(=O)N1CCC[C@@H](Nc2ncnc3[nH]cc(-c4ccc(C(=O)NC5CC5)c(Cl)c4)c23)C1. The number of nitrogens with one attached hydrogen (secondary N) is 3. The molecule has 3 N–H and O–H groups in total. The van der Waals surface area contributed by atoms with Crippen molar-refractivity contribution in [2.45, 2.75) is 37.8 Å². The zero-order valence-electron chi connectivity index (χ0n) is 18.1. The lowest BCUT2D eigenvalue weighted by atomic mass is 10.0. The zero-order valence-corrected chi connectivity index (χ0v) is 18.9. The number of nitrogens with zero attached hydrogens (tertiary/aromatic N) is 3. The number of hydrogen-bond donors (Lipinski definition) is 3. The van der Waals surface area contributed by atoms with Crippen LogP contribution in [0.1, 0.15) is 36.0 Å². The largest absolute Gasteiger partial charge is 0.365 e. The van der Waals surface area contributed by atoms with Crippen molar-refractivity contribution in [3.63, 3.8) is 0 Å². The third-order valence-corrected chi connectivity index (χ3v) is 6.47. The zero-order chi connectivity index (χ0) is 22.9. The minimum Gasteiger partial charge on any atom is -0.365 e. The second kappa shape index (κ2) is 8.86. The van der Waals surface area contributed by atoms with E-state index in [9.17, 15) is 9.59 Å². The van der Waals surface area contributed by atoms with E-state index in [1.54, 1.807) is 17.0 Å². The number of carbonyl (C=O) groups is 2. The summed E-state index contributed by atoms with van der Waals surface area (Å²) in [6, 6.07) is 5.78. The summed E-state index contributed by atoms with van der Waals surface area (Å²) in [5.41, 5.74) is 2.91. The van der Waals surface area contributed by atoms with Gasteiger partial charge in [-0.2, -0.15) is 0 Å². The number of hydrogen-bond acceptors (Lipinski definition) is 5. The van der Waals surface area contributed by atoms with Crippen LogP contribution in [0.15, 0.2) is 43.4 Å². The lowest BCUT2D eigenvalue weighted by Crippen LogP contribution is -2.44. The van der Waals surface area contributed by atoms with Gasteiger partial charge in [0, 0.05) is 36.9 Å². The molecule has 5 rings (SSSR count). The molecule has 1 aliphatic carbocycles. The first-order valence-electron chi connectivity index (χ1n) is 11.1. The van der Waals surface area contributed by atoms with Gasteiger partial charge < -0.3 is 20.5 Å².